The molecule has 0 aliphatic rings. The van der Waals surface area contributed by atoms with Crippen molar-refractivity contribution in [2.24, 2.45) is 0 Å². The standard InChI is InChI=1S/C15H10F2N2O3S/c16-10-2-1-3-11(17)9(10)7-22-8-4-5-12-13(6-8)23-14(18-12)19-15(20)21/h1-6H,7H2,(H,18,19)(H,20,21). The van der Waals surface area contributed by atoms with Gasteiger partial charge in [0.15, 0.2) is 5.13 Å². The lowest BCUT2D eigenvalue weighted by atomic mass is 10.2. The number of carbonyl (C=O) groups is 1. The predicted molar refractivity (Wildman–Crippen MR) is 82.0 cm³/mol. The van der Waals surface area contributed by atoms with Crippen LogP contribution >= 0.6 is 11.3 Å². The van der Waals surface area contributed by atoms with Crippen molar-refractivity contribution in [3.8, 4) is 5.75 Å². The Balaban J connectivity index is 1.79. The molecule has 0 saturated heterocycles. The number of fused-ring (bicyclic) bond motifs is 1. The van der Waals surface area contributed by atoms with Crippen LogP contribution in [0.1, 0.15) is 5.56 Å². The van der Waals surface area contributed by atoms with Gasteiger partial charge in [0.25, 0.3) is 0 Å². The molecule has 0 atom stereocenters. The molecule has 5 nitrogen and oxygen atoms in total. The molecule has 2 N–H and O–H groups in total. The van der Waals surface area contributed by atoms with Gasteiger partial charge in [0.2, 0.25) is 0 Å². The number of nitrogens with one attached hydrogen (secondary N) is 1. The van der Waals surface area contributed by atoms with E-state index in [1.807, 2.05) is 0 Å². The van der Waals surface area contributed by atoms with Gasteiger partial charge in [0.05, 0.1) is 15.8 Å². The molecule has 8 heteroatoms. The molecule has 0 radical (unpaired) electrons. The van der Waals surface area contributed by atoms with E-state index in [2.05, 4.69) is 10.3 Å². The van der Waals surface area contributed by atoms with E-state index in [1.54, 1.807) is 18.2 Å². The van der Waals surface area contributed by atoms with Gasteiger partial charge < -0.3 is 9.84 Å². The lowest BCUT2D eigenvalue weighted by Gasteiger charge is -2.07. The average Bonchev–Trinajstić information content (AvgIpc) is 2.87. The van der Waals surface area contributed by atoms with E-state index in [1.165, 1.54) is 6.07 Å². The molecule has 0 aliphatic carbocycles. The summed E-state index contributed by atoms with van der Waals surface area (Å²) in [6.45, 7) is -0.247. The van der Waals surface area contributed by atoms with Gasteiger partial charge in [-0.15, -0.1) is 0 Å². The summed E-state index contributed by atoms with van der Waals surface area (Å²) in [4.78, 5) is 14.7. The van der Waals surface area contributed by atoms with Crippen LogP contribution in [-0.4, -0.2) is 16.2 Å². The van der Waals surface area contributed by atoms with E-state index in [0.29, 0.717) is 16.0 Å². The number of carboxylic acid groups (broad SMARTS) is 1. The number of amides is 1. The fourth-order valence-corrected chi connectivity index (χ4v) is 2.85. The highest BCUT2D eigenvalue weighted by Crippen LogP contribution is 2.29. The summed E-state index contributed by atoms with van der Waals surface area (Å²) >= 11 is 1.14. The fourth-order valence-electron chi connectivity index (χ4n) is 1.97. The number of anilines is 1. The molecule has 3 aromatic rings. The number of thiazole rings is 1. The van der Waals surface area contributed by atoms with Crippen molar-refractivity contribution < 1.29 is 23.4 Å². The minimum absolute atomic E-state index is 0.148. The molecule has 1 aromatic heterocycles. The highest BCUT2D eigenvalue weighted by atomic mass is 32.1. The number of hydrogen-bond acceptors (Lipinski definition) is 4. The van der Waals surface area contributed by atoms with Crippen LogP contribution in [0, 0.1) is 11.6 Å². The van der Waals surface area contributed by atoms with Crippen LogP contribution in [0.5, 0.6) is 5.75 Å². The van der Waals surface area contributed by atoms with Crippen LogP contribution in [0.15, 0.2) is 36.4 Å². The van der Waals surface area contributed by atoms with Crippen molar-refractivity contribution in [1.29, 1.82) is 0 Å². The van der Waals surface area contributed by atoms with Gasteiger partial charge in [-0.3, -0.25) is 5.32 Å². The third kappa shape index (κ3) is 3.37. The Bertz CT molecular complexity index is 862. The average molecular weight is 336 g/mol. The van der Waals surface area contributed by atoms with Gasteiger partial charge in [-0.2, -0.15) is 0 Å². The van der Waals surface area contributed by atoms with E-state index in [0.717, 1.165) is 23.5 Å². The van der Waals surface area contributed by atoms with Crippen molar-refractivity contribution in [3.63, 3.8) is 0 Å². The zero-order valence-electron chi connectivity index (χ0n) is 11.5. The predicted octanol–water partition coefficient (Wildman–Crippen LogP) is 4.24. The summed E-state index contributed by atoms with van der Waals surface area (Å²) in [5.41, 5.74) is 0.452. The maximum atomic E-state index is 13.5. The Morgan fingerprint density at radius 1 is 1.26 bits per heavy atom. The SMILES string of the molecule is O=C(O)Nc1nc2ccc(OCc3c(F)cccc3F)cc2s1. The maximum absolute atomic E-state index is 13.5. The molecular weight excluding hydrogens is 326 g/mol. The van der Waals surface area contributed by atoms with Crippen LogP contribution in [0.3, 0.4) is 0 Å². The molecule has 0 aliphatic heterocycles. The number of rotatable bonds is 4. The van der Waals surface area contributed by atoms with Crippen LogP contribution in [0.2, 0.25) is 0 Å². The molecule has 0 unspecified atom stereocenters. The molecule has 1 heterocycles. The zero-order valence-corrected chi connectivity index (χ0v) is 12.4. The lowest BCUT2D eigenvalue weighted by Crippen LogP contribution is -2.06. The zero-order chi connectivity index (χ0) is 16.4. The van der Waals surface area contributed by atoms with Gasteiger partial charge in [-0.05, 0) is 30.3 Å². The van der Waals surface area contributed by atoms with Gasteiger partial charge >= 0.3 is 6.09 Å². The minimum Gasteiger partial charge on any atom is -0.489 e. The number of benzene rings is 2. The Hall–Kier alpha value is -2.74. The molecule has 118 valence electrons. The minimum atomic E-state index is -1.20. The Labute approximate surface area is 133 Å². The van der Waals surface area contributed by atoms with Crippen LogP contribution < -0.4 is 10.1 Å². The maximum Gasteiger partial charge on any atom is 0.410 e. The van der Waals surface area contributed by atoms with Crippen molar-refractivity contribution >= 4 is 32.8 Å². The normalized spacial score (nSPS) is 10.7. The third-order valence-electron chi connectivity index (χ3n) is 3.02. The van der Waals surface area contributed by atoms with Gasteiger partial charge in [-0.25, -0.2) is 18.6 Å². The molecule has 23 heavy (non-hydrogen) atoms. The van der Waals surface area contributed by atoms with Gasteiger partial charge in [-0.1, -0.05) is 17.4 Å². The monoisotopic (exact) mass is 336 g/mol. The van der Waals surface area contributed by atoms with Crippen molar-refractivity contribution in [3.05, 3.63) is 53.6 Å². The van der Waals surface area contributed by atoms with Crippen LogP contribution in [0.4, 0.5) is 18.7 Å². The first-order valence-corrected chi connectivity index (χ1v) is 7.31. The molecule has 0 fully saturated rings. The molecule has 2 aromatic carbocycles. The van der Waals surface area contributed by atoms with Crippen molar-refractivity contribution in [2.75, 3.05) is 5.32 Å². The first-order chi connectivity index (χ1) is 11.0. The Kier molecular flexibility index (Phi) is 4.07. The van der Waals surface area contributed by atoms with Crippen LogP contribution in [-0.2, 0) is 6.61 Å². The molecule has 0 bridgehead atoms. The summed E-state index contributed by atoms with van der Waals surface area (Å²) in [5, 5.41) is 11.1. The van der Waals surface area contributed by atoms with E-state index < -0.39 is 17.7 Å². The first-order valence-electron chi connectivity index (χ1n) is 6.49. The summed E-state index contributed by atoms with van der Waals surface area (Å²) in [5.74, 6) is -0.931. The topological polar surface area (TPSA) is 71.5 Å². The first kappa shape index (κ1) is 15.2. The van der Waals surface area contributed by atoms with E-state index >= 15 is 0 Å². The van der Waals surface area contributed by atoms with Crippen molar-refractivity contribution in [1.82, 2.24) is 4.98 Å². The Morgan fingerprint density at radius 3 is 2.70 bits per heavy atom. The number of aromatic nitrogens is 1. The molecule has 3 rings (SSSR count). The molecule has 0 spiro atoms. The third-order valence-corrected chi connectivity index (χ3v) is 3.95. The second-order valence-electron chi connectivity index (χ2n) is 4.57. The number of halogens is 2. The number of hydrogen-bond donors (Lipinski definition) is 2. The van der Waals surface area contributed by atoms with E-state index in [-0.39, 0.29) is 17.3 Å². The molecule has 1 amide bonds. The second kappa shape index (κ2) is 6.17. The lowest BCUT2D eigenvalue weighted by molar-refractivity contribution is 0.209. The quantitative estimate of drug-likeness (QED) is 0.747. The second-order valence-corrected chi connectivity index (χ2v) is 5.60. The summed E-state index contributed by atoms with van der Waals surface area (Å²) in [6.07, 6.45) is -1.20. The van der Waals surface area contributed by atoms with Crippen molar-refractivity contribution in [2.45, 2.75) is 6.61 Å². The summed E-state index contributed by atoms with van der Waals surface area (Å²) < 4.78 is 33.2. The number of ether oxygens (including phenoxy) is 1. The highest BCUT2D eigenvalue weighted by molar-refractivity contribution is 7.22. The molecule has 0 saturated carbocycles. The van der Waals surface area contributed by atoms with E-state index in [4.69, 9.17) is 9.84 Å². The Morgan fingerprint density at radius 2 is 2.00 bits per heavy atom. The number of nitrogens with zero attached hydrogens (tertiary/aromatic N) is 1. The fraction of sp³-hybridized carbons (Fsp3) is 0.0667. The van der Waals surface area contributed by atoms with E-state index in [9.17, 15) is 13.6 Å². The summed E-state index contributed by atoms with van der Waals surface area (Å²) in [6, 6.07) is 8.50. The van der Waals surface area contributed by atoms with Crippen LogP contribution in [0.25, 0.3) is 10.2 Å². The van der Waals surface area contributed by atoms with Gasteiger partial charge in [0.1, 0.15) is 24.0 Å². The largest absolute Gasteiger partial charge is 0.489 e. The highest BCUT2D eigenvalue weighted by Gasteiger charge is 2.11. The summed E-state index contributed by atoms with van der Waals surface area (Å²) in [7, 11) is 0. The van der Waals surface area contributed by atoms with Gasteiger partial charge in [0, 0.05) is 0 Å². The molecular formula is C15H10F2N2O3S. The smallest absolute Gasteiger partial charge is 0.410 e.